The average Bonchev–Trinajstić information content (AvgIpc) is 1.59. The molecule has 1 fully saturated rings. The largest absolute Gasteiger partial charge is 0.507 e. The Balaban J connectivity index is 1.54. The van der Waals surface area contributed by atoms with Crippen LogP contribution in [0.2, 0.25) is 0 Å². The van der Waals surface area contributed by atoms with Crippen LogP contribution in [0.15, 0.2) is 83.4 Å². The summed E-state index contributed by atoms with van der Waals surface area (Å²) in [5.74, 6) is -2.79. The zero-order valence-electron chi connectivity index (χ0n) is 53.8. The fourth-order valence-corrected chi connectivity index (χ4v) is 10.3. The minimum Gasteiger partial charge on any atom is -0.507 e. The summed E-state index contributed by atoms with van der Waals surface area (Å²) in [4.78, 5) is 46.0. The number of carbonyl (C=O) groups excluding carboxylic acids is 3. The van der Waals surface area contributed by atoms with Gasteiger partial charge in [0.25, 0.3) is 32.1 Å². The van der Waals surface area contributed by atoms with Crippen molar-refractivity contribution < 1.29 is 107 Å². The Kier molecular flexibility index (Phi) is 36.2. The first kappa shape index (κ1) is 78.2. The third-order valence-electron chi connectivity index (χ3n) is 14.4. The van der Waals surface area contributed by atoms with Crippen LogP contribution in [0.4, 0.5) is 11.4 Å². The van der Waals surface area contributed by atoms with E-state index in [1.807, 2.05) is 37.8 Å². The first-order valence-electron chi connectivity index (χ1n) is 30.5. The van der Waals surface area contributed by atoms with E-state index < -0.39 is 59.5 Å². The van der Waals surface area contributed by atoms with Gasteiger partial charge in [0.05, 0.1) is 156 Å². The summed E-state index contributed by atoms with van der Waals surface area (Å²) in [6.45, 7) is 22.2. The van der Waals surface area contributed by atoms with E-state index in [-0.39, 0.29) is 50.8 Å². The number of anilines is 2. The monoisotopic (exact) mass is 1330 g/mol. The molecule has 2 aliphatic heterocycles. The summed E-state index contributed by atoms with van der Waals surface area (Å²) in [6.07, 6.45) is 6.84. The van der Waals surface area contributed by atoms with Gasteiger partial charge in [0, 0.05) is 87.2 Å². The van der Waals surface area contributed by atoms with Crippen molar-refractivity contribution in [3.63, 3.8) is 0 Å². The van der Waals surface area contributed by atoms with Crippen LogP contribution in [0.3, 0.4) is 0 Å². The van der Waals surface area contributed by atoms with Crippen molar-refractivity contribution >= 4 is 55.0 Å². The van der Waals surface area contributed by atoms with E-state index in [1.165, 1.54) is 18.2 Å². The van der Waals surface area contributed by atoms with E-state index in [9.17, 15) is 45.4 Å². The highest BCUT2D eigenvalue weighted by atomic mass is 32.2. The van der Waals surface area contributed by atoms with Gasteiger partial charge in [-0.3, -0.25) is 18.7 Å². The molecule has 0 saturated carbocycles. The van der Waals surface area contributed by atoms with Gasteiger partial charge in [-0.1, -0.05) is 45.6 Å². The minimum atomic E-state index is -4.72. The highest BCUT2D eigenvalue weighted by molar-refractivity contribution is 7.86. The second-order valence-corrected chi connectivity index (χ2v) is 25.3. The molecular formula is C63H97N3O23S2. The minimum absolute atomic E-state index is 0.0230. The Bertz CT molecular complexity index is 2810. The predicted molar refractivity (Wildman–Crippen MR) is 339 cm³/mol. The van der Waals surface area contributed by atoms with Gasteiger partial charge in [-0.2, -0.15) is 16.8 Å². The van der Waals surface area contributed by atoms with Crippen molar-refractivity contribution in [2.24, 2.45) is 5.41 Å². The van der Waals surface area contributed by atoms with E-state index in [4.69, 9.17) is 61.7 Å². The van der Waals surface area contributed by atoms with Crippen molar-refractivity contribution in [3.05, 3.63) is 89.7 Å². The standard InChI is InChI=1S/C63H97N3O23S2/c1-50(62(2,3)4)47-51(11-8-12-58-63(5,20-9-13-61(70)89-66-59(68)18-19-60(66)69)55-49-53(91(74,75)76)15-17-56(55)65(58)21-10-46-90(71,72)73)54-16-14-52(48-57(54)67)64(22-24-79-30-32-83-38-40-87-44-42-85-36-34-81-28-26-77-6)23-25-80-31-33-84-39-41-88-45-43-86-37-35-82-29-27-78-7/h8,11-12,14-17,47-49,67H,1,9-10,13,18-46H2,2-7H3,(H,71,72,73)(H,74,75,76)/b11-8+,51-47-,58-12-. The van der Waals surface area contributed by atoms with Gasteiger partial charge in [-0.05, 0) is 84.7 Å². The number of benzene rings is 2. The zero-order valence-corrected chi connectivity index (χ0v) is 55.4. The number of fused-ring (bicyclic) bond motifs is 1. The summed E-state index contributed by atoms with van der Waals surface area (Å²) >= 11 is 0. The molecule has 0 radical (unpaired) electrons. The van der Waals surface area contributed by atoms with Crippen molar-refractivity contribution in [2.45, 2.75) is 76.5 Å². The second kappa shape index (κ2) is 42.2. The van der Waals surface area contributed by atoms with Gasteiger partial charge >= 0.3 is 5.97 Å². The van der Waals surface area contributed by atoms with Crippen LogP contribution in [-0.2, 0) is 102 Å². The average molecular weight is 1330 g/mol. The van der Waals surface area contributed by atoms with Crippen molar-refractivity contribution in [1.29, 1.82) is 0 Å². The number of phenolic OH excluding ortho intramolecular Hbond substituents is 1. The molecule has 4 rings (SSSR count). The number of hydrogen-bond acceptors (Lipinski definition) is 23. The maximum absolute atomic E-state index is 13.1. The number of imide groups is 1. The number of nitrogens with zero attached hydrogens (tertiary/aromatic N) is 3. The maximum atomic E-state index is 13.1. The van der Waals surface area contributed by atoms with Gasteiger partial charge in [0.1, 0.15) is 5.75 Å². The number of methoxy groups -OCH3 is 2. The first-order valence-corrected chi connectivity index (χ1v) is 33.6. The predicted octanol–water partition coefficient (Wildman–Crippen LogP) is 6.16. The zero-order chi connectivity index (χ0) is 66.6. The summed E-state index contributed by atoms with van der Waals surface area (Å²) in [6, 6.07) is 9.34. The van der Waals surface area contributed by atoms with Gasteiger partial charge < -0.3 is 76.6 Å². The summed E-state index contributed by atoms with van der Waals surface area (Å²) in [5, 5.41) is 12.5. The fraction of sp³-hybridized carbons (Fsp3) is 0.635. The molecule has 0 aromatic heterocycles. The molecule has 0 aliphatic carbocycles. The quantitative estimate of drug-likeness (QED) is 0.0289. The normalized spacial score (nSPS) is 16.1. The van der Waals surface area contributed by atoms with E-state index in [2.05, 4.69) is 6.58 Å². The van der Waals surface area contributed by atoms with Crippen LogP contribution in [0, 0.1) is 5.41 Å². The number of amides is 2. The molecule has 2 amide bonds. The number of phenols is 1. The van der Waals surface area contributed by atoms with Crippen LogP contribution in [0.25, 0.3) is 5.57 Å². The van der Waals surface area contributed by atoms with Gasteiger partial charge in [0.2, 0.25) is 0 Å². The van der Waals surface area contributed by atoms with Crippen LogP contribution < -0.4 is 9.80 Å². The van der Waals surface area contributed by atoms with Gasteiger partial charge in [-0.15, -0.1) is 5.06 Å². The SMILES string of the molecule is C=C(/C=C(/C=C/C=C1\N(CCCS(=O)(=O)O)c2ccc(S(=O)(=O)O)cc2C1(C)CCCC(=O)ON1C(=O)CCC1=O)c1ccc(N(CCOCCOCCOCCOCCOCCOC)CCOCCOCCOCCOCCOCCOC)cc1O)C(C)(C)C. The molecule has 2 aliphatic rings. The van der Waals surface area contributed by atoms with Crippen molar-refractivity contribution in [2.75, 3.05) is 195 Å². The van der Waals surface area contributed by atoms with Gasteiger partial charge in [0.15, 0.2) is 0 Å². The van der Waals surface area contributed by atoms with E-state index in [0.29, 0.717) is 197 Å². The smallest absolute Gasteiger partial charge is 0.333 e. The Labute approximate surface area is 537 Å². The number of rotatable bonds is 51. The summed E-state index contributed by atoms with van der Waals surface area (Å²) < 4.78 is 135. The lowest BCUT2D eigenvalue weighted by molar-refractivity contribution is -0.197. The molecule has 514 valence electrons. The van der Waals surface area contributed by atoms with E-state index in [1.54, 1.807) is 56.4 Å². The molecule has 0 spiro atoms. The third kappa shape index (κ3) is 29.7. The fourth-order valence-electron chi connectivity index (χ4n) is 9.28. The topological polar surface area (TPSA) is 310 Å². The molecule has 28 heteroatoms. The lowest BCUT2D eigenvalue weighted by Gasteiger charge is -2.30. The number of allylic oxidation sites excluding steroid dienone is 7. The molecule has 2 aromatic carbocycles. The van der Waals surface area contributed by atoms with E-state index in [0.717, 1.165) is 5.57 Å². The maximum Gasteiger partial charge on any atom is 0.333 e. The van der Waals surface area contributed by atoms with Crippen LogP contribution in [0.5, 0.6) is 5.75 Å². The highest BCUT2D eigenvalue weighted by Crippen LogP contribution is 2.51. The number of hydroxylamine groups is 2. The molecule has 1 saturated heterocycles. The Hall–Kier alpha value is -5.25. The number of aromatic hydroxyl groups is 1. The molecule has 0 bridgehead atoms. The Morgan fingerprint density at radius 3 is 1.55 bits per heavy atom. The summed E-state index contributed by atoms with van der Waals surface area (Å²) in [5.41, 5.74) is 2.25. The molecular weight excluding hydrogens is 1230 g/mol. The van der Waals surface area contributed by atoms with Crippen LogP contribution in [0.1, 0.15) is 77.3 Å². The number of hydrogen-bond donors (Lipinski definition) is 3. The summed E-state index contributed by atoms with van der Waals surface area (Å²) in [7, 11) is -5.88. The van der Waals surface area contributed by atoms with Crippen LogP contribution in [-0.4, -0.2) is 239 Å². The van der Waals surface area contributed by atoms with E-state index >= 15 is 0 Å². The first-order chi connectivity index (χ1) is 43.5. The molecule has 26 nitrogen and oxygen atoms in total. The number of carbonyl (C=O) groups is 3. The molecule has 2 aromatic rings. The molecule has 1 unspecified atom stereocenters. The Morgan fingerprint density at radius 1 is 0.659 bits per heavy atom. The lowest BCUT2D eigenvalue weighted by atomic mass is 9.77. The molecule has 1 atom stereocenters. The second-order valence-electron chi connectivity index (χ2n) is 22.3. The lowest BCUT2D eigenvalue weighted by Crippen LogP contribution is -2.32. The molecule has 91 heavy (non-hydrogen) atoms. The third-order valence-corrected chi connectivity index (χ3v) is 16.0. The molecule has 3 N–H and O–H groups in total. The highest BCUT2D eigenvalue weighted by Gasteiger charge is 2.44. The van der Waals surface area contributed by atoms with Crippen molar-refractivity contribution in [3.8, 4) is 5.75 Å². The number of ether oxygens (including phenoxy) is 12. The van der Waals surface area contributed by atoms with Gasteiger partial charge in [-0.25, -0.2) is 4.79 Å². The molecule has 2 heterocycles. The van der Waals surface area contributed by atoms with Crippen LogP contribution >= 0.6 is 0 Å². The Morgan fingerprint density at radius 2 is 1.12 bits per heavy atom. The van der Waals surface area contributed by atoms with Crippen molar-refractivity contribution in [1.82, 2.24) is 5.06 Å².